The Bertz CT molecular complexity index is 266. The molecule has 0 aromatic carbocycles. The fourth-order valence-corrected chi connectivity index (χ4v) is 0.616. The summed E-state index contributed by atoms with van der Waals surface area (Å²) in [7, 11) is 0. The van der Waals surface area contributed by atoms with Crippen molar-refractivity contribution in [1.29, 1.82) is 0 Å². The van der Waals surface area contributed by atoms with Crippen LogP contribution in [0.4, 0.5) is 26.3 Å². The molecule has 0 bridgehead atoms. The largest absolute Gasteiger partial charge is 0.504 e. The molecular weight excluding hydrogens is 202 g/mol. The van der Waals surface area contributed by atoms with E-state index < -0.39 is 22.9 Å². The van der Waals surface area contributed by atoms with Crippen molar-refractivity contribution in [3.05, 3.63) is 18.0 Å². The Labute approximate surface area is 67.8 Å². The van der Waals surface area contributed by atoms with Gasteiger partial charge in [0.25, 0.3) is 0 Å². The first-order valence-corrected chi connectivity index (χ1v) is 2.91. The van der Waals surface area contributed by atoms with Gasteiger partial charge in [0.2, 0.25) is 0 Å². The number of hydrogen-bond acceptors (Lipinski definition) is 1. The van der Waals surface area contributed by atoms with Crippen molar-refractivity contribution in [3.8, 4) is 0 Å². The van der Waals surface area contributed by atoms with Crippen LogP contribution in [0.1, 0.15) is 5.69 Å². The van der Waals surface area contributed by atoms with Gasteiger partial charge in [0.15, 0.2) is 5.69 Å². The van der Waals surface area contributed by atoms with Gasteiger partial charge >= 0.3 is 12.5 Å². The summed E-state index contributed by atoms with van der Waals surface area (Å²) in [5, 5.41) is 2.32. The van der Waals surface area contributed by atoms with E-state index in [1.165, 1.54) is 0 Å². The first kappa shape index (κ1) is 9.87. The van der Waals surface area contributed by atoms with Crippen LogP contribution >= 0.6 is 0 Å². The Kier molecular flexibility index (Phi) is 2.01. The standard InChI is InChI=1S/C5H2F6N2/c6-4(7,8)3-1-2-13(12-3)5(9,10)11/h1-2H. The van der Waals surface area contributed by atoms with E-state index in [4.69, 9.17) is 0 Å². The van der Waals surface area contributed by atoms with Crippen LogP contribution in [-0.4, -0.2) is 9.78 Å². The molecule has 2 nitrogen and oxygen atoms in total. The predicted molar refractivity (Wildman–Crippen MR) is 28.5 cm³/mol. The van der Waals surface area contributed by atoms with Gasteiger partial charge < -0.3 is 0 Å². The van der Waals surface area contributed by atoms with Gasteiger partial charge in [0.1, 0.15) is 0 Å². The first-order chi connectivity index (χ1) is 5.71. The molecular formula is C5H2F6N2. The van der Waals surface area contributed by atoms with E-state index in [1.807, 2.05) is 0 Å². The Hall–Kier alpha value is -1.21. The third-order valence-corrected chi connectivity index (χ3v) is 1.14. The lowest BCUT2D eigenvalue weighted by Crippen LogP contribution is -2.18. The normalized spacial score (nSPS) is 13.4. The van der Waals surface area contributed by atoms with Crippen molar-refractivity contribution in [2.75, 3.05) is 0 Å². The number of halogens is 6. The highest BCUT2D eigenvalue weighted by molar-refractivity contribution is 5.03. The first-order valence-electron chi connectivity index (χ1n) is 2.91. The number of nitrogens with zero attached hydrogens (tertiary/aromatic N) is 2. The van der Waals surface area contributed by atoms with Crippen LogP contribution in [0.2, 0.25) is 0 Å². The number of alkyl halides is 6. The third kappa shape index (κ3) is 2.13. The molecule has 13 heavy (non-hydrogen) atoms. The summed E-state index contributed by atoms with van der Waals surface area (Å²) >= 11 is 0. The summed E-state index contributed by atoms with van der Waals surface area (Å²) in [6.45, 7) is 0. The minimum Gasteiger partial charge on any atom is -0.178 e. The molecule has 1 aromatic rings. The number of hydrogen-bond donors (Lipinski definition) is 0. The van der Waals surface area contributed by atoms with Gasteiger partial charge in [-0.05, 0) is 6.07 Å². The Morgan fingerprint density at radius 3 is 1.85 bits per heavy atom. The van der Waals surface area contributed by atoms with E-state index in [0.29, 0.717) is 0 Å². The quantitative estimate of drug-likeness (QED) is 0.593. The maximum atomic E-state index is 11.7. The van der Waals surface area contributed by atoms with Crippen LogP contribution in [0, 0.1) is 0 Å². The minimum atomic E-state index is -4.91. The molecule has 0 spiro atoms. The maximum Gasteiger partial charge on any atom is 0.504 e. The van der Waals surface area contributed by atoms with Gasteiger partial charge in [-0.25, -0.2) is 0 Å². The van der Waals surface area contributed by atoms with Crippen LogP contribution in [0.3, 0.4) is 0 Å². The van der Waals surface area contributed by atoms with Crippen LogP contribution in [0.15, 0.2) is 12.3 Å². The van der Waals surface area contributed by atoms with Crippen LogP contribution in [0.5, 0.6) is 0 Å². The summed E-state index contributed by atoms with van der Waals surface area (Å²) in [5.74, 6) is 0. The Morgan fingerprint density at radius 1 is 1.08 bits per heavy atom. The number of aromatic nitrogens is 2. The molecule has 0 saturated heterocycles. The molecule has 0 unspecified atom stereocenters. The lowest BCUT2D eigenvalue weighted by molar-refractivity contribution is -0.214. The van der Waals surface area contributed by atoms with E-state index in [0.717, 1.165) is 0 Å². The molecule has 74 valence electrons. The van der Waals surface area contributed by atoms with Gasteiger partial charge in [0.05, 0.1) is 0 Å². The van der Waals surface area contributed by atoms with Crippen LogP contribution < -0.4 is 0 Å². The highest BCUT2D eigenvalue weighted by atomic mass is 19.4. The molecule has 0 fully saturated rings. The zero-order valence-electron chi connectivity index (χ0n) is 5.82. The van der Waals surface area contributed by atoms with Crippen molar-refractivity contribution < 1.29 is 26.3 Å². The predicted octanol–water partition coefficient (Wildman–Crippen LogP) is 2.38. The fraction of sp³-hybridized carbons (Fsp3) is 0.400. The average Bonchev–Trinajstić information content (AvgIpc) is 2.28. The highest BCUT2D eigenvalue weighted by Gasteiger charge is 2.38. The number of rotatable bonds is 0. The smallest absolute Gasteiger partial charge is 0.178 e. The van der Waals surface area contributed by atoms with Gasteiger partial charge in [-0.2, -0.15) is 23.0 Å². The molecule has 8 heteroatoms. The molecule has 0 N–H and O–H groups in total. The minimum absolute atomic E-state index is 0.211. The third-order valence-electron chi connectivity index (χ3n) is 1.14. The fourth-order valence-electron chi connectivity index (χ4n) is 0.616. The van der Waals surface area contributed by atoms with Crippen molar-refractivity contribution in [2.24, 2.45) is 0 Å². The van der Waals surface area contributed by atoms with E-state index in [1.54, 1.807) is 0 Å². The van der Waals surface area contributed by atoms with Crippen molar-refractivity contribution >= 4 is 0 Å². The summed E-state index contributed by atoms with van der Waals surface area (Å²) in [4.78, 5) is 0. The average molecular weight is 204 g/mol. The van der Waals surface area contributed by atoms with E-state index in [-0.39, 0.29) is 12.3 Å². The molecule has 1 rings (SSSR count). The van der Waals surface area contributed by atoms with Gasteiger partial charge in [0, 0.05) is 6.20 Å². The summed E-state index contributed by atoms with van der Waals surface area (Å²) < 4.78 is 69.7. The second kappa shape index (κ2) is 2.64. The van der Waals surface area contributed by atoms with Gasteiger partial charge in [-0.1, -0.05) is 0 Å². The molecule has 1 aromatic heterocycles. The molecule has 0 aliphatic rings. The van der Waals surface area contributed by atoms with Crippen molar-refractivity contribution in [3.63, 3.8) is 0 Å². The van der Waals surface area contributed by atoms with Crippen LogP contribution in [-0.2, 0) is 12.5 Å². The summed E-state index contributed by atoms with van der Waals surface area (Å²) in [6, 6.07) is 0.257. The molecule has 0 radical (unpaired) electrons. The maximum absolute atomic E-state index is 11.7. The van der Waals surface area contributed by atoms with E-state index >= 15 is 0 Å². The Morgan fingerprint density at radius 2 is 1.62 bits per heavy atom. The van der Waals surface area contributed by atoms with Crippen LogP contribution in [0.25, 0.3) is 0 Å². The SMILES string of the molecule is FC(F)(F)c1ccn(C(F)(F)F)n1. The molecule has 0 atom stereocenters. The van der Waals surface area contributed by atoms with Gasteiger partial charge in [-0.3, -0.25) is 0 Å². The van der Waals surface area contributed by atoms with E-state index in [2.05, 4.69) is 5.10 Å². The molecule has 0 aliphatic carbocycles. The topological polar surface area (TPSA) is 17.8 Å². The summed E-state index contributed by atoms with van der Waals surface area (Å²) in [6.07, 6.45) is -9.55. The highest BCUT2D eigenvalue weighted by Crippen LogP contribution is 2.29. The molecule has 0 aliphatic heterocycles. The van der Waals surface area contributed by atoms with Crippen molar-refractivity contribution in [2.45, 2.75) is 12.5 Å². The zero-order valence-corrected chi connectivity index (χ0v) is 5.82. The second-order valence-electron chi connectivity index (χ2n) is 2.11. The lowest BCUT2D eigenvalue weighted by Gasteiger charge is -2.05. The monoisotopic (exact) mass is 204 g/mol. The Balaban J connectivity index is 3.01. The lowest BCUT2D eigenvalue weighted by atomic mass is 10.4. The second-order valence-corrected chi connectivity index (χ2v) is 2.11. The van der Waals surface area contributed by atoms with E-state index in [9.17, 15) is 26.3 Å². The molecule has 1 heterocycles. The van der Waals surface area contributed by atoms with Gasteiger partial charge in [-0.15, -0.1) is 13.2 Å². The molecule has 0 saturated carbocycles. The molecule has 0 amide bonds. The summed E-state index contributed by atoms with van der Waals surface area (Å²) in [5.41, 5.74) is -1.56. The van der Waals surface area contributed by atoms with Crippen molar-refractivity contribution in [1.82, 2.24) is 9.78 Å². The zero-order chi connectivity index (χ0) is 10.3.